The van der Waals surface area contributed by atoms with Crippen molar-refractivity contribution < 1.29 is 14.6 Å². The predicted molar refractivity (Wildman–Crippen MR) is 86.1 cm³/mol. The maximum atomic E-state index is 11.9. The molecule has 0 radical (unpaired) electrons. The number of hydrogen-bond donors (Lipinski definition) is 3. The van der Waals surface area contributed by atoms with Gasteiger partial charge >= 0.3 is 6.03 Å². The zero-order valence-corrected chi connectivity index (χ0v) is 13.3. The molecule has 0 saturated heterocycles. The first-order valence-electron chi connectivity index (χ1n) is 7.98. The van der Waals surface area contributed by atoms with Crippen LogP contribution in [0, 0.1) is 6.92 Å². The molecule has 0 aliphatic heterocycles. The Bertz CT molecular complexity index is 485. The van der Waals surface area contributed by atoms with Gasteiger partial charge in [-0.15, -0.1) is 0 Å². The monoisotopic (exact) mass is 306 g/mol. The lowest BCUT2D eigenvalue weighted by Crippen LogP contribution is -2.48. The third-order valence-corrected chi connectivity index (χ3v) is 3.99. The summed E-state index contributed by atoms with van der Waals surface area (Å²) in [6.07, 6.45) is 2.99. The van der Waals surface area contributed by atoms with Crippen molar-refractivity contribution >= 4 is 6.03 Å². The number of nitrogens with one attached hydrogen (secondary N) is 2. The number of amides is 2. The molecule has 5 heteroatoms. The second-order valence-corrected chi connectivity index (χ2v) is 6.10. The van der Waals surface area contributed by atoms with Crippen LogP contribution in [0.25, 0.3) is 0 Å². The predicted octanol–water partition coefficient (Wildman–Crippen LogP) is 2.37. The van der Waals surface area contributed by atoms with Gasteiger partial charge < -0.3 is 20.5 Å². The van der Waals surface area contributed by atoms with Crippen molar-refractivity contribution in [1.82, 2.24) is 10.6 Å². The van der Waals surface area contributed by atoms with Crippen LogP contribution in [0.3, 0.4) is 0 Å². The van der Waals surface area contributed by atoms with E-state index in [4.69, 9.17) is 4.74 Å². The molecule has 0 bridgehead atoms. The Hall–Kier alpha value is -1.75. The first-order valence-corrected chi connectivity index (χ1v) is 7.98. The Balaban J connectivity index is 1.69. The molecule has 2 amide bonds. The minimum atomic E-state index is -0.206. The van der Waals surface area contributed by atoms with Gasteiger partial charge in [-0.2, -0.15) is 0 Å². The van der Waals surface area contributed by atoms with Crippen LogP contribution in [0.2, 0.25) is 0 Å². The van der Waals surface area contributed by atoms with Crippen molar-refractivity contribution in [3.05, 3.63) is 29.8 Å². The molecule has 122 valence electrons. The fourth-order valence-corrected chi connectivity index (χ4v) is 2.65. The molecule has 1 aliphatic rings. The smallest absolute Gasteiger partial charge is 0.315 e. The van der Waals surface area contributed by atoms with E-state index in [0.29, 0.717) is 6.61 Å². The summed E-state index contributed by atoms with van der Waals surface area (Å²) in [5.41, 5.74) is 1.08. The number of aliphatic hydroxyl groups excluding tert-OH is 1. The maximum absolute atomic E-state index is 11.9. The van der Waals surface area contributed by atoms with Crippen LogP contribution >= 0.6 is 0 Å². The van der Waals surface area contributed by atoms with Gasteiger partial charge in [0.1, 0.15) is 12.4 Å². The lowest BCUT2D eigenvalue weighted by atomic mass is 9.93. The van der Waals surface area contributed by atoms with Crippen LogP contribution < -0.4 is 15.4 Å². The van der Waals surface area contributed by atoms with E-state index >= 15 is 0 Å². The first kappa shape index (κ1) is 16.6. The Labute approximate surface area is 132 Å². The maximum Gasteiger partial charge on any atom is 0.315 e. The summed E-state index contributed by atoms with van der Waals surface area (Å²) in [5, 5.41) is 15.3. The van der Waals surface area contributed by atoms with E-state index in [-0.39, 0.29) is 24.2 Å². The molecule has 1 aromatic rings. The number of rotatable bonds is 5. The van der Waals surface area contributed by atoms with Gasteiger partial charge in [-0.05, 0) is 51.2 Å². The molecule has 2 rings (SSSR count). The highest BCUT2D eigenvalue weighted by atomic mass is 16.5. The molecule has 1 fully saturated rings. The van der Waals surface area contributed by atoms with E-state index in [1.807, 2.05) is 38.1 Å². The average Bonchev–Trinajstić information content (AvgIpc) is 2.49. The van der Waals surface area contributed by atoms with Crippen molar-refractivity contribution in [2.24, 2.45) is 0 Å². The Morgan fingerprint density at radius 2 is 2.00 bits per heavy atom. The number of urea groups is 1. The molecular weight excluding hydrogens is 280 g/mol. The molecule has 22 heavy (non-hydrogen) atoms. The highest BCUT2D eigenvalue weighted by molar-refractivity contribution is 5.74. The molecule has 5 nitrogen and oxygen atoms in total. The molecule has 1 atom stereocenters. The molecule has 1 saturated carbocycles. The highest BCUT2D eigenvalue weighted by Gasteiger charge is 2.21. The number of hydrogen-bond acceptors (Lipinski definition) is 3. The zero-order valence-electron chi connectivity index (χ0n) is 13.3. The van der Waals surface area contributed by atoms with Gasteiger partial charge in [0.25, 0.3) is 0 Å². The van der Waals surface area contributed by atoms with Crippen LogP contribution in [0.1, 0.15) is 38.2 Å². The Morgan fingerprint density at radius 3 is 2.68 bits per heavy atom. The number of aryl methyl sites for hydroxylation is 1. The summed E-state index contributed by atoms with van der Waals surface area (Å²) < 4.78 is 5.73. The largest absolute Gasteiger partial charge is 0.491 e. The number of ether oxygens (including phenoxy) is 1. The van der Waals surface area contributed by atoms with E-state index in [9.17, 15) is 9.90 Å². The number of benzene rings is 1. The summed E-state index contributed by atoms with van der Waals surface area (Å²) >= 11 is 0. The van der Waals surface area contributed by atoms with Crippen LogP contribution in [-0.2, 0) is 0 Å². The van der Waals surface area contributed by atoms with Crippen molar-refractivity contribution in [2.45, 2.75) is 57.7 Å². The summed E-state index contributed by atoms with van der Waals surface area (Å²) in [5.74, 6) is 0.845. The zero-order chi connectivity index (χ0) is 15.9. The number of carbonyl (C=O) groups is 1. The van der Waals surface area contributed by atoms with Crippen molar-refractivity contribution in [2.75, 3.05) is 6.61 Å². The van der Waals surface area contributed by atoms with Crippen LogP contribution in [-0.4, -0.2) is 35.9 Å². The van der Waals surface area contributed by atoms with Gasteiger partial charge in [0, 0.05) is 6.04 Å². The molecule has 1 aromatic carbocycles. The van der Waals surface area contributed by atoms with Crippen LogP contribution in [0.5, 0.6) is 5.75 Å². The highest BCUT2D eigenvalue weighted by Crippen LogP contribution is 2.18. The normalized spacial score (nSPS) is 22.7. The molecule has 0 aromatic heterocycles. The van der Waals surface area contributed by atoms with Crippen LogP contribution in [0.15, 0.2) is 24.3 Å². The summed E-state index contributed by atoms with van der Waals surface area (Å²) in [4.78, 5) is 11.9. The fraction of sp³-hybridized carbons (Fsp3) is 0.588. The van der Waals surface area contributed by atoms with Crippen molar-refractivity contribution in [1.29, 1.82) is 0 Å². The Kier molecular flexibility index (Phi) is 6.07. The molecular formula is C17H26N2O3. The van der Waals surface area contributed by atoms with E-state index in [1.54, 1.807) is 0 Å². The SMILES string of the molecule is Cc1ccccc1OC[C@H](C)NC(=O)NC1CCC(O)CC1. The minimum Gasteiger partial charge on any atom is -0.491 e. The average molecular weight is 306 g/mol. The molecule has 0 spiro atoms. The fourth-order valence-electron chi connectivity index (χ4n) is 2.65. The van der Waals surface area contributed by atoms with Crippen molar-refractivity contribution in [3.8, 4) is 5.75 Å². The van der Waals surface area contributed by atoms with E-state index in [1.165, 1.54) is 0 Å². The summed E-state index contributed by atoms with van der Waals surface area (Å²) in [6, 6.07) is 7.75. The van der Waals surface area contributed by atoms with E-state index < -0.39 is 0 Å². The molecule has 3 N–H and O–H groups in total. The second-order valence-electron chi connectivity index (χ2n) is 6.10. The van der Waals surface area contributed by atoms with Crippen molar-refractivity contribution in [3.63, 3.8) is 0 Å². The quantitative estimate of drug-likeness (QED) is 0.782. The number of para-hydroxylation sites is 1. The van der Waals surface area contributed by atoms with E-state index in [0.717, 1.165) is 37.0 Å². The van der Waals surface area contributed by atoms with Crippen LogP contribution in [0.4, 0.5) is 4.79 Å². The number of carbonyl (C=O) groups excluding carboxylic acids is 1. The Morgan fingerprint density at radius 1 is 1.32 bits per heavy atom. The molecule has 0 heterocycles. The summed E-state index contributed by atoms with van der Waals surface area (Å²) in [7, 11) is 0. The lowest BCUT2D eigenvalue weighted by molar-refractivity contribution is 0.117. The van der Waals surface area contributed by atoms with Gasteiger partial charge in [-0.3, -0.25) is 0 Å². The topological polar surface area (TPSA) is 70.6 Å². The standard InChI is InChI=1S/C17H26N2O3/c1-12-5-3-4-6-16(12)22-11-13(2)18-17(21)19-14-7-9-15(20)10-8-14/h3-6,13-15,20H,7-11H2,1-2H3,(H2,18,19,21)/t13-,14?,15?/m0/s1. The number of aliphatic hydroxyl groups is 1. The van der Waals surface area contributed by atoms with Gasteiger partial charge in [-0.1, -0.05) is 18.2 Å². The van der Waals surface area contributed by atoms with Gasteiger partial charge in [0.05, 0.1) is 12.1 Å². The summed E-state index contributed by atoms with van der Waals surface area (Å²) in [6.45, 7) is 4.35. The lowest BCUT2D eigenvalue weighted by Gasteiger charge is -2.27. The minimum absolute atomic E-state index is 0.0752. The molecule has 0 unspecified atom stereocenters. The third-order valence-electron chi connectivity index (χ3n) is 3.99. The molecule has 1 aliphatic carbocycles. The van der Waals surface area contributed by atoms with Gasteiger partial charge in [-0.25, -0.2) is 4.79 Å². The van der Waals surface area contributed by atoms with Gasteiger partial charge in [0.15, 0.2) is 0 Å². The second kappa shape index (κ2) is 8.03. The first-order chi connectivity index (χ1) is 10.5. The third kappa shape index (κ3) is 5.22. The van der Waals surface area contributed by atoms with E-state index in [2.05, 4.69) is 10.6 Å². The van der Waals surface area contributed by atoms with Gasteiger partial charge in [0.2, 0.25) is 0 Å².